The average Bonchev–Trinajstić information content (AvgIpc) is 2.65. The van der Waals surface area contributed by atoms with Crippen LogP contribution in [0, 0.1) is 25.5 Å². The molecule has 0 atom stereocenters. The predicted octanol–water partition coefficient (Wildman–Crippen LogP) is 1.69. The van der Waals surface area contributed by atoms with Crippen molar-refractivity contribution < 1.29 is 17.2 Å². The third-order valence-corrected chi connectivity index (χ3v) is 4.18. The highest BCUT2D eigenvalue weighted by Gasteiger charge is 2.23. The number of aromatic nitrogens is 2. The van der Waals surface area contributed by atoms with Crippen LogP contribution in [-0.2, 0) is 10.0 Å². The molecule has 0 radical (unpaired) electrons. The van der Waals surface area contributed by atoms with Gasteiger partial charge in [0.1, 0.15) is 16.5 Å². The monoisotopic (exact) mass is 302 g/mol. The Morgan fingerprint density at radius 1 is 1.25 bits per heavy atom. The fraction of sp³-hybridized carbons (Fsp3) is 0.182. The lowest BCUT2D eigenvalue weighted by Gasteiger charge is -2.08. The number of nitrogens with one attached hydrogen (secondary N) is 2. The summed E-state index contributed by atoms with van der Waals surface area (Å²) in [7, 11) is -4.25. The lowest BCUT2D eigenvalue weighted by molar-refractivity contribution is 0.553. The van der Waals surface area contributed by atoms with Crippen LogP contribution < -0.4 is 10.5 Å². The molecule has 0 spiro atoms. The van der Waals surface area contributed by atoms with Gasteiger partial charge in [-0.2, -0.15) is 5.10 Å². The van der Waals surface area contributed by atoms with Gasteiger partial charge < -0.3 is 5.73 Å². The molecule has 2 rings (SSSR count). The fourth-order valence-corrected chi connectivity index (χ4v) is 2.68. The summed E-state index contributed by atoms with van der Waals surface area (Å²) in [4.78, 5) is -0.739. The maximum absolute atomic E-state index is 13.6. The molecule has 0 saturated carbocycles. The molecule has 1 aromatic heterocycles. The fourth-order valence-electron chi connectivity index (χ4n) is 1.52. The lowest BCUT2D eigenvalue weighted by Crippen LogP contribution is -2.16. The maximum Gasteiger partial charge on any atom is 0.266 e. The molecular formula is C11H12F2N4O2S. The SMILES string of the molecule is Cc1[nH]nc(NS(=O)(=O)c2cc(N)c(F)cc2F)c1C. The number of nitrogens with two attached hydrogens (primary N) is 1. The molecular weight excluding hydrogens is 290 g/mol. The number of benzene rings is 1. The first kappa shape index (κ1) is 14.3. The quantitative estimate of drug-likeness (QED) is 0.751. The van der Waals surface area contributed by atoms with Crippen LogP contribution in [-0.4, -0.2) is 18.6 Å². The van der Waals surface area contributed by atoms with Crippen LogP contribution in [0.2, 0.25) is 0 Å². The Labute approximate surface area is 114 Å². The van der Waals surface area contributed by atoms with E-state index in [0.29, 0.717) is 17.3 Å². The van der Waals surface area contributed by atoms with Gasteiger partial charge in [0.2, 0.25) is 0 Å². The summed E-state index contributed by atoms with van der Waals surface area (Å²) < 4.78 is 52.9. The van der Waals surface area contributed by atoms with E-state index in [2.05, 4.69) is 14.9 Å². The summed E-state index contributed by atoms with van der Waals surface area (Å²) >= 11 is 0. The molecule has 1 heterocycles. The first-order valence-corrected chi connectivity index (χ1v) is 6.99. The zero-order chi connectivity index (χ0) is 15.1. The molecule has 20 heavy (non-hydrogen) atoms. The molecule has 9 heteroatoms. The first-order valence-electron chi connectivity index (χ1n) is 5.51. The molecule has 2 aromatic rings. The number of anilines is 2. The number of nitrogen functional groups attached to an aromatic ring is 1. The van der Waals surface area contributed by atoms with Gasteiger partial charge in [0, 0.05) is 17.3 Å². The van der Waals surface area contributed by atoms with Crippen molar-refractivity contribution in [3.63, 3.8) is 0 Å². The zero-order valence-corrected chi connectivity index (χ0v) is 11.5. The smallest absolute Gasteiger partial charge is 0.266 e. The summed E-state index contributed by atoms with van der Waals surface area (Å²) in [6.07, 6.45) is 0. The third kappa shape index (κ3) is 2.44. The van der Waals surface area contributed by atoms with Crippen LogP contribution in [0.25, 0.3) is 0 Å². The number of hydrogen-bond acceptors (Lipinski definition) is 4. The number of sulfonamides is 1. The minimum absolute atomic E-state index is 0.0461. The van der Waals surface area contributed by atoms with Crippen LogP contribution in [0.5, 0.6) is 0 Å². The third-order valence-electron chi connectivity index (χ3n) is 2.82. The molecule has 4 N–H and O–H groups in total. The van der Waals surface area contributed by atoms with Gasteiger partial charge in [-0.1, -0.05) is 0 Å². The number of aromatic amines is 1. The molecule has 0 aliphatic carbocycles. The second kappa shape index (κ2) is 4.75. The molecule has 0 aliphatic heterocycles. The Morgan fingerprint density at radius 2 is 1.90 bits per heavy atom. The Kier molecular flexibility index (Phi) is 3.38. The van der Waals surface area contributed by atoms with Crippen molar-refractivity contribution in [1.82, 2.24) is 10.2 Å². The van der Waals surface area contributed by atoms with Gasteiger partial charge in [0.25, 0.3) is 10.0 Å². The average molecular weight is 302 g/mol. The van der Waals surface area contributed by atoms with Gasteiger partial charge in [0.15, 0.2) is 5.82 Å². The van der Waals surface area contributed by atoms with Gasteiger partial charge in [-0.3, -0.25) is 9.82 Å². The highest BCUT2D eigenvalue weighted by atomic mass is 32.2. The highest BCUT2D eigenvalue weighted by molar-refractivity contribution is 7.92. The normalized spacial score (nSPS) is 11.6. The van der Waals surface area contributed by atoms with Crippen molar-refractivity contribution in [2.45, 2.75) is 18.7 Å². The Hall–Kier alpha value is -2.16. The minimum Gasteiger partial charge on any atom is -0.396 e. The summed E-state index contributed by atoms with van der Waals surface area (Å²) in [5.41, 5.74) is 6.04. The number of H-pyrrole nitrogens is 1. The standard InChI is InChI=1S/C11H12F2N4O2S/c1-5-6(2)15-16-11(5)17-20(18,19)10-4-9(14)7(12)3-8(10)13/h3-4H,14H2,1-2H3,(H2,15,16,17). The largest absolute Gasteiger partial charge is 0.396 e. The summed E-state index contributed by atoms with van der Waals surface area (Å²) in [6.45, 7) is 3.35. The zero-order valence-electron chi connectivity index (χ0n) is 10.7. The van der Waals surface area contributed by atoms with Crippen LogP contribution >= 0.6 is 0 Å². The van der Waals surface area contributed by atoms with E-state index in [-0.39, 0.29) is 5.82 Å². The lowest BCUT2D eigenvalue weighted by atomic mass is 10.3. The topological polar surface area (TPSA) is 101 Å². The van der Waals surface area contributed by atoms with Crippen molar-refractivity contribution in [2.24, 2.45) is 0 Å². The van der Waals surface area contributed by atoms with E-state index in [1.165, 1.54) is 0 Å². The molecule has 0 amide bonds. The van der Waals surface area contributed by atoms with Gasteiger partial charge in [0.05, 0.1) is 5.69 Å². The second-order valence-electron chi connectivity index (χ2n) is 4.23. The molecule has 0 saturated heterocycles. The summed E-state index contributed by atoms with van der Waals surface area (Å²) in [5, 5.41) is 6.34. The van der Waals surface area contributed by atoms with Gasteiger partial charge in [-0.05, 0) is 19.9 Å². The van der Waals surface area contributed by atoms with E-state index < -0.39 is 32.2 Å². The molecule has 0 unspecified atom stereocenters. The Bertz CT molecular complexity index is 771. The summed E-state index contributed by atoms with van der Waals surface area (Å²) in [6, 6.07) is 1.15. The highest BCUT2D eigenvalue weighted by Crippen LogP contribution is 2.24. The van der Waals surface area contributed by atoms with E-state index in [9.17, 15) is 17.2 Å². The number of aryl methyl sites for hydroxylation is 1. The molecule has 0 aliphatic rings. The van der Waals surface area contributed by atoms with Crippen molar-refractivity contribution in [1.29, 1.82) is 0 Å². The van der Waals surface area contributed by atoms with E-state index >= 15 is 0 Å². The number of nitrogens with zero attached hydrogens (tertiary/aromatic N) is 1. The van der Waals surface area contributed by atoms with Gasteiger partial charge in [-0.15, -0.1) is 0 Å². The van der Waals surface area contributed by atoms with E-state index in [1.807, 2.05) is 0 Å². The van der Waals surface area contributed by atoms with Crippen molar-refractivity contribution >= 4 is 21.5 Å². The maximum atomic E-state index is 13.6. The Morgan fingerprint density at radius 3 is 2.45 bits per heavy atom. The summed E-state index contributed by atoms with van der Waals surface area (Å²) in [5.74, 6) is -2.20. The van der Waals surface area contributed by atoms with Gasteiger partial charge in [-0.25, -0.2) is 17.2 Å². The predicted molar refractivity (Wildman–Crippen MR) is 69.6 cm³/mol. The number of hydrogen-bond donors (Lipinski definition) is 3. The van der Waals surface area contributed by atoms with Crippen LogP contribution in [0.15, 0.2) is 17.0 Å². The minimum atomic E-state index is -4.25. The molecule has 108 valence electrons. The van der Waals surface area contributed by atoms with Crippen molar-refractivity contribution in [3.8, 4) is 0 Å². The van der Waals surface area contributed by atoms with E-state index in [1.54, 1.807) is 13.8 Å². The van der Waals surface area contributed by atoms with Crippen LogP contribution in [0.3, 0.4) is 0 Å². The van der Waals surface area contributed by atoms with Gasteiger partial charge >= 0.3 is 0 Å². The first-order chi connectivity index (χ1) is 9.22. The van der Waals surface area contributed by atoms with E-state index in [4.69, 9.17) is 5.73 Å². The molecule has 6 nitrogen and oxygen atoms in total. The second-order valence-corrected chi connectivity index (χ2v) is 5.88. The molecule has 1 aromatic carbocycles. The number of rotatable bonds is 3. The molecule has 0 bridgehead atoms. The van der Waals surface area contributed by atoms with Crippen LogP contribution in [0.4, 0.5) is 20.3 Å². The molecule has 0 fully saturated rings. The Balaban J connectivity index is 2.46. The van der Waals surface area contributed by atoms with Crippen LogP contribution in [0.1, 0.15) is 11.3 Å². The number of halogens is 2. The van der Waals surface area contributed by atoms with E-state index in [0.717, 1.165) is 6.07 Å². The van der Waals surface area contributed by atoms with Crippen molar-refractivity contribution in [2.75, 3.05) is 10.5 Å². The van der Waals surface area contributed by atoms with Crippen molar-refractivity contribution in [3.05, 3.63) is 35.0 Å².